The first-order chi connectivity index (χ1) is 8.61. The number of rotatable bonds is 4. The van der Waals surface area contributed by atoms with E-state index in [1.54, 1.807) is 13.0 Å². The minimum Gasteiger partial charge on any atom is -0.480 e. The van der Waals surface area contributed by atoms with Gasteiger partial charge in [-0.3, -0.25) is 4.79 Å². The lowest BCUT2D eigenvalue weighted by molar-refractivity contribution is -0.143. The Hall–Kier alpha value is -2.04. The molecule has 2 rings (SSSR count). The molecule has 1 unspecified atom stereocenters. The molecule has 96 valence electrons. The van der Waals surface area contributed by atoms with E-state index in [1.807, 2.05) is 18.2 Å². The Morgan fingerprint density at radius 1 is 1.50 bits per heavy atom. The summed E-state index contributed by atoms with van der Waals surface area (Å²) in [5.41, 5.74) is 0.973. The average molecular weight is 249 g/mol. The molecule has 1 aliphatic rings. The predicted octanol–water partition coefficient (Wildman–Crippen LogP) is 0.969. The van der Waals surface area contributed by atoms with E-state index < -0.39 is 18.1 Å². The number of carbonyl (C=O) groups excluding carboxylic acids is 1. The van der Waals surface area contributed by atoms with Crippen molar-refractivity contribution in [1.82, 2.24) is 5.32 Å². The van der Waals surface area contributed by atoms with Crippen LogP contribution in [0.4, 0.5) is 0 Å². The SMILES string of the molecule is CC[C@@H](NC(=O)C1Cc2ccccc2O1)C(=O)O. The highest BCUT2D eigenvalue weighted by molar-refractivity contribution is 5.87. The van der Waals surface area contributed by atoms with E-state index in [9.17, 15) is 9.59 Å². The fraction of sp³-hybridized carbons (Fsp3) is 0.385. The lowest BCUT2D eigenvalue weighted by Crippen LogP contribution is -2.46. The van der Waals surface area contributed by atoms with Gasteiger partial charge in [0.2, 0.25) is 0 Å². The second-order valence-corrected chi connectivity index (χ2v) is 4.23. The molecule has 0 bridgehead atoms. The molecule has 5 heteroatoms. The quantitative estimate of drug-likeness (QED) is 0.833. The zero-order valence-electron chi connectivity index (χ0n) is 10.1. The number of nitrogens with one attached hydrogen (secondary N) is 1. The van der Waals surface area contributed by atoms with Gasteiger partial charge in [-0.25, -0.2) is 4.79 Å². The number of benzene rings is 1. The van der Waals surface area contributed by atoms with Gasteiger partial charge in [-0.2, -0.15) is 0 Å². The highest BCUT2D eigenvalue weighted by Gasteiger charge is 2.31. The Morgan fingerprint density at radius 3 is 2.83 bits per heavy atom. The summed E-state index contributed by atoms with van der Waals surface area (Å²) in [6.07, 6.45) is 0.203. The van der Waals surface area contributed by atoms with Gasteiger partial charge in [-0.05, 0) is 18.1 Å². The molecule has 1 aromatic carbocycles. The van der Waals surface area contributed by atoms with E-state index >= 15 is 0 Å². The van der Waals surface area contributed by atoms with Gasteiger partial charge in [0.25, 0.3) is 5.91 Å². The second kappa shape index (κ2) is 5.08. The van der Waals surface area contributed by atoms with Crippen LogP contribution in [0.1, 0.15) is 18.9 Å². The monoisotopic (exact) mass is 249 g/mol. The summed E-state index contributed by atoms with van der Waals surface area (Å²) >= 11 is 0. The third-order valence-electron chi connectivity index (χ3n) is 2.96. The Balaban J connectivity index is 1.99. The van der Waals surface area contributed by atoms with Crippen molar-refractivity contribution in [3.8, 4) is 5.75 Å². The first kappa shape index (κ1) is 12.4. The van der Waals surface area contributed by atoms with Crippen molar-refractivity contribution in [1.29, 1.82) is 0 Å². The number of amides is 1. The van der Waals surface area contributed by atoms with Gasteiger partial charge in [0, 0.05) is 6.42 Å². The maximum absolute atomic E-state index is 11.9. The number of aliphatic carboxylic acids is 1. The van der Waals surface area contributed by atoms with Gasteiger partial charge in [0.15, 0.2) is 6.10 Å². The summed E-state index contributed by atoms with van der Waals surface area (Å²) in [5, 5.41) is 11.4. The summed E-state index contributed by atoms with van der Waals surface area (Å²) in [5.74, 6) is -0.706. The molecule has 0 fully saturated rings. The first-order valence-corrected chi connectivity index (χ1v) is 5.89. The summed E-state index contributed by atoms with van der Waals surface area (Å²) in [6, 6.07) is 6.57. The first-order valence-electron chi connectivity index (χ1n) is 5.89. The fourth-order valence-electron chi connectivity index (χ4n) is 1.93. The van der Waals surface area contributed by atoms with Crippen LogP contribution >= 0.6 is 0 Å². The zero-order valence-corrected chi connectivity index (χ0v) is 10.1. The molecule has 0 saturated carbocycles. The molecule has 1 aliphatic heterocycles. The number of para-hydroxylation sites is 1. The topological polar surface area (TPSA) is 75.6 Å². The number of carboxylic acids is 1. The molecule has 2 atom stereocenters. The largest absolute Gasteiger partial charge is 0.480 e. The van der Waals surface area contributed by atoms with E-state index in [0.717, 1.165) is 5.56 Å². The average Bonchev–Trinajstić information content (AvgIpc) is 2.79. The highest BCUT2D eigenvalue weighted by Crippen LogP contribution is 2.28. The standard InChI is InChI=1S/C13H15NO4/c1-2-9(13(16)17)14-12(15)11-7-8-5-3-4-6-10(8)18-11/h3-6,9,11H,2,7H2,1H3,(H,14,15)(H,16,17)/t9-,11?/m1/s1. The van der Waals surface area contributed by atoms with E-state index in [-0.39, 0.29) is 5.91 Å². The van der Waals surface area contributed by atoms with Crippen LogP contribution in [0.5, 0.6) is 5.75 Å². The molecule has 18 heavy (non-hydrogen) atoms. The number of fused-ring (bicyclic) bond motifs is 1. The van der Waals surface area contributed by atoms with E-state index in [1.165, 1.54) is 0 Å². The normalized spacial score (nSPS) is 18.6. The molecule has 5 nitrogen and oxygen atoms in total. The lowest BCUT2D eigenvalue weighted by atomic mass is 10.1. The van der Waals surface area contributed by atoms with Crippen LogP contribution in [-0.4, -0.2) is 29.1 Å². The van der Waals surface area contributed by atoms with Crippen molar-refractivity contribution in [2.24, 2.45) is 0 Å². The molecule has 0 aliphatic carbocycles. The summed E-state index contributed by atoms with van der Waals surface area (Å²) in [6.45, 7) is 1.71. The van der Waals surface area contributed by atoms with E-state index in [0.29, 0.717) is 18.6 Å². The molecule has 0 spiro atoms. The smallest absolute Gasteiger partial charge is 0.326 e. The van der Waals surface area contributed by atoms with Crippen molar-refractivity contribution < 1.29 is 19.4 Å². The lowest BCUT2D eigenvalue weighted by Gasteiger charge is -2.15. The number of ether oxygens (including phenoxy) is 1. The number of hydrogen-bond acceptors (Lipinski definition) is 3. The summed E-state index contributed by atoms with van der Waals surface area (Å²) in [7, 11) is 0. The van der Waals surface area contributed by atoms with E-state index in [2.05, 4.69) is 5.32 Å². The summed E-state index contributed by atoms with van der Waals surface area (Å²) < 4.78 is 5.49. The molecule has 0 aromatic heterocycles. The molecular formula is C13H15NO4. The van der Waals surface area contributed by atoms with Crippen molar-refractivity contribution in [2.75, 3.05) is 0 Å². The van der Waals surface area contributed by atoms with Crippen LogP contribution in [0.25, 0.3) is 0 Å². The Labute approximate surface area is 105 Å². The van der Waals surface area contributed by atoms with Gasteiger partial charge in [-0.1, -0.05) is 25.1 Å². The minimum atomic E-state index is -1.03. The van der Waals surface area contributed by atoms with Crippen molar-refractivity contribution in [3.63, 3.8) is 0 Å². The number of hydrogen-bond donors (Lipinski definition) is 2. The Bertz CT molecular complexity index is 447. The maximum atomic E-state index is 11.9. The van der Waals surface area contributed by atoms with Gasteiger partial charge in [-0.15, -0.1) is 0 Å². The predicted molar refractivity (Wildman–Crippen MR) is 64.4 cm³/mol. The molecule has 0 radical (unpaired) electrons. The van der Waals surface area contributed by atoms with Crippen molar-refractivity contribution >= 4 is 11.9 Å². The van der Waals surface area contributed by atoms with Crippen LogP contribution < -0.4 is 10.1 Å². The molecular weight excluding hydrogens is 234 g/mol. The van der Waals surface area contributed by atoms with E-state index in [4.69, 9.17) is 9.84 Å². The van der Waals surface area contributed by atoms with Gasteiger partial charge in [0.1, 0.15) is 11.8 Å². The van der Waals surface area contributed by atoms with Crippen molar-refractivity contribution in [3.05, 3.63) is 29.8 Å². The van der Waals surface area contributed by atoms with Crippen LogP contribution in [0.2, 0.25) is 0 Å². The zero-order chi connectivity index (χ0) is 13.1. The van der Waals surface area contributed by atoms with Crippen LogP contribution in [0.15, 0.2) is 24.3 Å². The van der Waals surface area contributed by atoms with Crippen LogP contribution in [-0.2, 0) is 16.0 Å². The highest BCUT2D eigenvalue weighted by atomic mass is 16.5. The Kier molecular flexibility index (Phi) is 3.50. The van der Waals surface area contributed by atoms with Gasteiger partial charge < -0.3 is 15.2 Å². The van der Waals surface area contributed by atoms with Crippen LogP contribution in [0.3, 0.4) is 0 Å². The van der Waals surface area contributed by atoms with Crippen LogP contribution in [0, 0.1) is 0 Å². The number of carboxylic acid groups (broad SMARTS) is 1. The third kappa shape index (κ3) is 2.45. The van der Waals surface area contributed by atoms with Gasteiger partial charge in [0.05, 0.1) is 0 Å². The number of carbonyl (C=O) groups is 2. The second-order valence-electron chi connectivity index (χ2n) is 4.23. The summed E-state index contributed by atoms with van der Waals surface area (Å²) in [4.78, 5) is 22.7. The Morgan fingerprint density at radius 2 is 2.22 bits per heavy atom. The van der Waals surface area contributed by atoms with Gasteiger partial charge >= 0.3 is 5.97 Å². The molecule has 1 aromatic rings. The molecule has 2 N–H and O–H groups in total. The molecule has 1 heterocycles. The molecule has 1 amide bonds. The molecule has 0 saturated heterocycles. The minimum absolute atomic E-state index is 0.348. The third-order valence-corrected chi connectivity index (χ3v) is 2.96. The maximum Gasteiger partial charge on any atom is 0.326 e. The van der Waals surface area contributed by atoms with Crippen molar-refractivity contribution in [2.45, 2.75) is 31.9 Å². The fourth-order valence-corrected chi connectivity index (χ4v) is 1.93.